The van der Waals surface area contributed by atoms with Gasteiger partial charge >= 0.3 is 0 Å². The maximum absolute atomic E-state index is 12.7. The predicted octanol–water partition coefficient (Wildman–Crippen LogP) is 2.03. The van der Waals surface area contributed by atoms with Gasteiger partial charge in [-0.1, -0.05) is 30.5 Å². The van der Waals surface area contributed by atoms with Crippen LogP contribution >= 0.6 is 0 Å². The first-order chi connectivity index (χ1) is 11.9. The molecule has 7 heteroatoms. The third-order valence-corrected chi connectivity index (χ3v) is 6.51. The number of aromatic nitrogens is 1. The molecular formula is C18H23N3O3S. The number of rotatable bonds is 5. The van der Waals surface area contributed by atoms with Gasteiger partial charge in [0.25, 0.3) is 15.9 Å². The van der Waals surface area contributed by atoms with Crippen LogP contribution in [0.4, 0.5) is 0 Å². The monoisotopic (exact) mass is 361 g/mol. The second-order valence-corrected chi connectivity index (χ2v) is 8.54. The van der Waals surface area contributed by atoms with Crippen LogP contribution < -0.4 is 11.1 Å². The van der Waals surface area contributed by atoms with Gasteiger partial charge in [-0.15, -0.1) is 0 Å². The van der Waals surface area contributed by atoms with E-state index in [0.29, 0.717) is 12.1 Å². The van der Waals surface area contributed by atoms with Crippen LogP contribution in [0.3, 0.4) is 0 Å². The summed E-state index contributed by atoms with van der Waals surface area (Å²) in [5.41, 5.74) is 6.77. The SMILES string of the molecule is Cc1ccc(S(=O)(=O)n2ccc(C(=O)NC3(CN)CCCC3)c2)cc1. The van der Waals surface area contributed by atoms with Gasteiger partial charge in [0.1, 0.15) is 0 Å². The van der Waals surface area contributed by atoms with Gasteiger partial charge in [-0.05, 0) is 38.0 Å². The summed E-state index contributed by atoms with van der Waals surface area (Å²) >= 11 is 0. The highest BCUT2D eigenvalue weighted by Crippen LogP contribution is 2.29. The van der Waals surface area contributed by atoms with Crippen molar-refractivity contribution in [2.24, 2.45) is 5.73 Å². The molecule has 1 aliphatic carbocycles. The zero-order valence-corrected chi connectivity index (χ0v) is 15.1. The van der Waals surface area contributed by atoms with Crippen LogP contribution in [0, 0.1) is 6.92 Å². The summed E-state index contributed by atoms with van der Waals surface area (Å²) in [7, 11) is -3.70. The van der Waals surface area contributed by atoms with E-state index in [-0.39, 0.29) is 16.3 Å². The number of amides is 1. The maximum Gasteiger partial charge on any atom is 0.267 e. The van der Waals surface area contributed by atoms with Crippen molar-refractivity contribution < 1.29 is 13.2 Å². The molecule has 6 nitrogen and oxygen atoms in total. The molecule has 0 radical (unpaired) electrons. The second kappa shape index (κ2) is 6.65. The molecule has 1 saturated carbocycles. The first-order valence-corrected chi connectivity index (χ1v) is 9.83. The summed E-state index contributed by atoms with van der Waals surface area (Å²) in [6, 6.07) is 8.13. The molecule has 3 rings (SSSR count). The Balaban J connectivity index is 1.82. The Morgan fingerprint density at radius 3 is 2.44 bits per heavy atom. The number of carbonyl (C=O) groups is 1. The van der Waals surface area contributed by atoms with Gasteiger partial charge in [0.15, 0.2) is 0 Å². The van der Waals surface area contributed by atoms with E-state index in [0.717, 1.165) is 35.2 Å². The molecule has 1 fully saturated rings. The molecule has 0 unspecified atom stereocenters. The molecule has 0 bridgehead atoms. The topological polar surface area (TPSA) is 94.2 Å². The van der Waals surface area contributed by atoms with Crippen molar-refractivity contribution in [3.05, 3.63) is 53.9 Å². The van der Waals surface area contributed by atoms with E-state index in [1.807, 2.05) is 6.92 Å². The van der Waals surface area contributed by atoms with Crippen LogP contribution in [-0.4, -0.2) is 30.4 Å². The number of aryl methyl sites for hydroxylation is 1. The molecule has 1 aromatic heterocycles. The van der Waals surface area contributed by atoms with E-state index in [9.17, 15) is 13.2 Å². The molecule has 0 spiro atoms. The van der Waals surface area contributed by atoms with Gasteiger partial charge in [-0.25, -0.2) is 12.4 Å². The van der Waals surface area contributed by atoms with Crippen molar-refractivity contribution in [3.8, 4) is 0 Å². The maximum atomic E-state index is 12.7. The van der Waals surface area contributed by atoms with E-state index in [4.69, 9.17) is 5.73 Å². The van der Waals surface area contributed by atoms with Crippen molar-refractivity contribution >= 4 is 15.9 Å². The Hall–Kier alpha value is -2.12. The van der Waals surface area contributed by atoms with Crippen LogP contribution in [-0.2, 0) is 10.0 Å². The third kappa shape index (κ3) is 3.48. The molecule has 134 valence electrons. The number of hydrogen-bond donors (Lipinski definition) is 2. The Morgan fingerprint density at radius 1 is 1.20 bits per heavy atom. The number of benzene rings is 1. The highest BCUT2D eigenvalue weighted by atomic mass is 32.2. The van der Waals surface area contributed by atoms with E-state index in [1.165, 1.54) is 18.5 Å². The van der Waals surface area contributed by atoms with Crippen molar-refractivity contribution in [3.63, 3.8) is 0 Å². The van der Waals surface area contributed by atoms with Crippen LogP contribution in [0.5, 0.6) is 0 Å². The fourth-order valence-electron chi connectivity index (χ4n) is 3.24. The highest BCUT2D eigenvalue weighted by molar-refractivity contribution is 7.90. The van der Waals surface area contributed by atoms with Crippen molar-refractivity contribution in [2.45, 2.75) is 43.0 Å². The van der Waals surface area contributed by atoms with Crippen molar-refractivity contribution in [1.82, 2.24) is 9.29 Å². The third-order valence-electron chi connectivity index (χ3n) is 4.86. The van der Waals surface area contributed by atoms with Gasteiger partial charge in [0.05, 0.1) is 16.0 Å². The lowest BCUT2D eigenvalue weighted by Crippen LogP contribution is -2.51. The van der Waals surface area contributed by atoms with E-state index >= 15 is 0 Å². The molecule has 1 amide bonds. The Bertz CT molecular complexity index is 863. The molecule has 1 aromatic carbocycles. The van der Waals surface area contributed by atoms with Crippen LogP contribution in [0.25, 0.3) is 0 Å². The summed E-state index contributed by atoms with van der Waals surface area (Å²) in [5.74, 6) is -0.287. The lowest BCUT2D eigenvalue weighted by molar-refractivity contribution is 0.0903. The minimum absolute atomic E-state index is 0.190. The van der Waals surface area contributed by atoms with Crippen LogP contribution in [0.2, 0.25) is 0 Å². The van der Waals surface area contributed by atoms with Crippen LogP contribution in [0.1, 0.15) is 41.6 Å². The number of nitrogens with zero attached hydrogens (tertiary/aromatic N) is 1. The normalized spacial score (nSPS) is 16.7. The second-order valence-electron chi connectivity index (χ2n) is 6.69. The summed E-state index contributed by atoms with van der Waals surface area (Å²) in [5, 5.41) is 3.00. The lowest BCUT2D eigenvalue weighted by Gasteiger charge is -2.28. The first-order valence-electron chi connectivity index (χ1n) is 8.39. The molecule has 2 aromatic rings. The average molecular weight is 361 g/mol. The van der Waals surface area contributed by atoms with Crippen molar-refractivity contribution in [1.29, 1.82) is 0 Å². The fraction of sp³-hybridized carbons (Fsp3) is 0.389. The van der Waals surface area contributed by atoms with Crippen molar-refractivity contribution in [2.75, 3.05) is 6.54 Å². The largest absolute Gasteiger partial charge is 0.345 e. The minimum atomic E-state index is -3.70. The number of nitrogens with one attached hydrogen (secondary N) is 1. The molecule has 25 heavy (non-hydrogen) atoms. The van der Waals surface area contributed by atoms with Gasteiger partial charge < -0.3 is 11.1 Å². The summed E-state index contributed by atoms with van der Waals surface area (Å²) in [6.45, 7) is 2.28. The molecule has 3 N–H and O–H groups in total. The Morgan fingerprint density at radius 2 is 1.84 bits per heavy atom. The van der Waals surface area contributed by atoms with E-state index in [1.54, 1.807) is 24.3 Å². The van der Waals surface area contributed by atoms with Crippen LogP contribution in [0.15, 0.2) is 47.6 Å². The van der Waals surface area contributed by atoms with Gasteiger partial charge in [-0.3, -0.25) is 4.79 Å². The van der Waals surface area contributed by atoms with Gasteiger partial charge in [-0.2, -0.15) is 0 Å². The molecule has 0 saturated heterocycles. The molecule has 0 atom stereocenters. The summed E-state index contributed by atoms with van der Waals surface area (Å²) in [6.07, 6.45) is 6.55. The first kappa shape index (κ1) is 17.7. The number of hydrogen-bond acceptors (Lipinski definition) is 4. The zero-order chi connectivity index (χ0) is 18.1. The molecule has 0 aliphatic heterocycles. The smallest absolute Gasteiger partial charge is 0.267 e. The average Bonchev–Trinajstić information content (AvgIpc) is 3.25. The van der Waals surface area contributed by atoms with Gasteiger partial charge in [0.2, 0.25) is 0 Å². The molecule has 1 heterocycles. The number of carbonyl (C=O) groups excluding carboxylic acids is 1. The fourth-order valence-corrected chi connectivity index (χ4v) is 4.43. The molecule has 1 aliphatic rings. The predicted molar refractivity (Wildman–Crippen MR) is 95.9 cm³/mol. The van der Waals surface area contributed by atoms with E-state index < -0.39 is 10.0 Å². The molecular weight excluding hydrogens is 338 g/mol. The van der Waals surface area contributed by atoms with E-state index in [2.05, 4.69) is 5.32 Å². The standard InChI is InChI=1S/C18H23N3O3S/c1-14-4-6-16(7-5-14)25(23,24)21-11-8-15(12-21)17(22)20-18(13-19)9-2-3-10-18/h4-8,11-12H,2-3,9-10,13,19H2,1H3,(H,20,22). The summed E-state index contributed by atoms with van der Waals surface area (Å²) < 4.78 is 26.4. The lowest BCUT2D eigenvalue weighted by atomic mass is 9.97. The minimum Gasteiger partial charge on any atom is -0.345 e. The zero-order valence-electron chi connectivity index (χ0n) is 14.2. The highest BCUT2D eigenvalue weighted by Gasteiger charge is 2.34. The number of nitrogens with two attached hydrogens (primary N) is 1. The van der Waals surface area contributed by atoms with Gasteiger partial charge in [0, 0.05) is 18.9 Å². The Kier molecular flexibility index (Phi) is 4.71. The Labute approximate surface area is 148 Å². The summed E-state index contributed by atoms with van der Waals surface area (Å²) in [4.78, 5) is 12.7. The quantitative estimate of drug-likeness (QED) is 0.852.